The highest BCUT2D eigenvalue weighted by molar-refractivity contribution is 7.89. The van der Waals surface area contributed by atoms with E-state index < -0.39 is 10.0 Å². The number of amides is 2. The number of ether oxygens (including phenoxy) is 1. The third-order valence-electron chi connectivity index (χ3n) is 5.34. The van der Waals surface area contributed by atoms with E-state index in [1.165, 1.54) is 18.4 Å². The van der Waals surface area contributed by atoms with Crippen molar-refractivity contribution in [3.05, 3.63) is 29.8 Å². The van der Waals surface area contributed by atoms with E-state index in [1.54, 1.807) is 24.3 Å². The molecule has 0 bridgehead atoms. The standard InChI is InChI=1S/C19H32N4O4S/c1-5-19(2,23-10-12-27-13-11-23)15-21-18(24)20-14-16-8-6-7-9-17(16)28(25,26)22(3)4/h6-9H,5,10-15H2,1-4H3,(H2,20,21,24)/t19-/m0/s1. The third-order valence-corrected chi connectivity index (χ3v) is 7.25. The molecule has 1 aromatic rings. The Hall–Kier alpha value is -1.68. The van der Waals surface area contributed by atoms with Crippen LogP contribution in [-0.2, 0) is 21.3 Å². The van der Waals surface area contributed by atoms with E-state index in [-0.39, 0.29) is 23.0 Å². The summed E-state index contributed by atoms with van der Waals surface area (Å²) in [5.41, 5.74) is 0.408. The van der Waals surface area contributed by atoms with E-state index in [1.807, 2.05) is 0 Å². The predicted octanol–water partition coefficient (Wildman–Crippen LogP) is 1.24. The van der Waals surface area contributed by atoms with Gasteiger partial charge >= 0.3 is 6.03 Å². The first-order valence-corrected chi connectivity index (χ1v) is 11.0. The van der Waals surface area contributed by atoms with Crippen molar-refractivity contribution < 1.29 is 17.9 Å². The number of morpholine rings is 1. The van der Waals surface area contributed by atoms with E-state index in [0.29, 0.717) is 25.3 Å². The first kappa shape index (κ1) is 22.6. The maximum Gasteiger partial charge on any atom is 0.315 e. The zero-order valence-electron chi connectivity index (χ0n) is 17.2. The van der Waals surface area contributed by atoms with Crippen LogP contribution in [0.15, 0.2) is 29.2 Å². The van der Waals surface area contributed by atoms with E-state index in [2.05, 4.69) is 29.4 Å². The van der Waals surface area contributed by atoms with Crippen LogP contribution in [0.25, 0.3) is 0 Å². The quantitative estimate of drug-likeness (QED) is 0.670. The molecule has 8 nitrogen and oxygen atoms in total. The molecule has 2 N–H and O–H groups in total. The third kappa shape index (κ3) is 5.44. The summed E-state index contributed by atoms with van der Waals surface area (Å²) in [4.78, 5) is 14.9. The van der Waals surface area contributed by atoms with Gasteiger partial charge in [0.25, 0.3) is 0 Å². The fourth-order valence-electron chi connectivity index (χ4n) is 3.17. The van der Waals surface area contributed by atoms with Crippen molar-refractivity contribution in [2.24, 2.45) is 0 Å². The molecule has 158 valence electrons. The maximum absolute atomic E-state index is 12.5. The molecular weight excluding hydrogens is 380 g/mol. The molecule has 2 rings (SSSR count). The highest BCUT2D eigenvalue weighted by Crippen LogP contribution is 2.20. The molecule has 28 heavy (non-hydrogen) atoms. The number of carbonyl (C=O) groups excluding carboxylic acids is 1. The van der Waals surface area contributed by atoms with Gasteiger partial charge in [-0.05, 0) is 25.0 Å². The molecule has 0 radical (unpaired) electrons. The molecule has 1 heterocycles. The molecule has 1 aliphatic heterocycles. The number of hydrogen-bond acceptors (Lipinski definition) is 5. The van der Waals surface area contributed by atoms with Crippen molar-refractivity contribution in [3.63, 3.8) is 0 Å². The van der Waals surface area contributed by atoms with Crippen molar-refractivity contribution in [2.45, 2.75) is 37.2 Å². The van der Waals surface area contributed by atoms with Gasteiger partial charge in [-0.25, -0.2) is 17.5 Å². The summed E-state index contributed by atoms with van der Waals surface area (Å²) in [5.74, 6) is 0. The SMILES string of the molecule is CC[C@@](C)(CNC(=O)NCc1ccccc1S(=O)(=O)N(C)C)N1CCOCC1. The Bertz CT molecular complexity index is 763. The highest BCUT2D eigenvalue weighted by Gasteiger charge is 2.31. The molecule has 1 aromatic carbocycles. The lowest BCUT2D eigenvalue weighted by molar-refractivity contribution is -0.0165. The lowest BCUT2D eigenvalue weighted by Gasteiger charge is -2.43. The van der Waals surface area contributed by atoms with Crippen LogP contribution in [0.1, 0.15) is 25.8 Å². The van der Waals surface area contributed by atoms with Crippen LogP contribution in [0.2, 0.25) is 0 Å². The number of carbonyl (C=O) groups is 1. The van der Waals surface area contributed by atoms with Crippen LogP contribution >= 0.6 is 0 Å². The lowest BCUT2D eigenvalue weighted by atomic mass is 9.95. The fraction of sp³-hybridized carbons (Fsp3) is 0.632. The maximum atomic E-state index is 12.5. The van der Waals surface area contributed by atoms with Crippen LogP contribution in [0.3, 0.4) is 0 Å². The summed E-state index contributed by atoms with van der Waals surface area (Å²) < 4.78 is 31.5. The average Bonchev–Trinajstić information content (AvgIpc) is 2.71. The van der Waals surface area contributed by atoms with Crippen LogP contribution < -0.4 is 10.6 Å². The van der Waals surface area contributed by atoms with E-state index in [0.717, 1.165) is 19.5 Å². The van der Waals surface area contributed by atoms with Crippen LogP contribution in [0, 0.1) is 0 Å². The van der Waals surface area contributed by atoms with Crippen molar-refractivity contribution in [1.82, 2.24) is 19.8 Å². The Morgan fingerprint density at radius 1 is 1.21 bits per heavy atom. The minimum absolute atomic E-state index is 0.134. The Morgan fingerprint density at radius 3 is 2.46 bits per heavy atom. The number of benzene rings is 1. The van der Waals surface area contributed by atoms with E-state index >= 15 is 0 Å². The van der Waals surface area contributed by atoms with Crippen LogP contribution in [0.4, 0.5) is 4.79 Å². The van der Waals surface area contributed by atoms with Gasteiger partial charge in [0, 0.05) is 45.8 Å². The summed E-state index contributed by atoms with van der Waals surface area (Å²) >= 11 is 0. The first-order valence-electron chi connectivity index (χ1n) is 9.55. The zero-order chi connectivity index (χ0) is 20.8. The molecular formula is C19H32N4O4S. The Labute approximate surface area is 168 Å². The molecule has 0 spiro atoms. The van der Waals surface area contributed by atoms with E-state index in [4.69, 9.17) is 4.74 Å². The fourth-order valence-corrected chi connectivity index (χ4v) is 4.29. The van der Waals surface area contributed by atoms with Crippen molar-refractivity contribution in [3.8, 4) is 0 Å². The van der Waals surface area contributed by atoms with Crippen LogP contribution in [-0.4, -0.2) is 76.1 Å². The normalized spacial score (nSPS) is 17.9. The number of rotatable bonds is 8. The molecule has 1 atom stereocenters. The van der Waals surface area contributed by atoms with Gasteiger partial charge in [-0.3, -0.25) is 4.90 Å². The van der Waals surface area contributed by atoms with Gasteiger partial charge in [-0.15, -0.1) is 0 Å². The topological polar surface area (TPSA) is 91.0 Å². The van der Waals surface area contributed by atoms with Gasteiger partial charge in [0.2, 0.25) is 10.0 Å². The van der Waals surface area contributed by atoms with Gasteiger partial charge < -0.3 is 15.4 Å². The molecule has 1 fully saturated rings. The van der Waals surface area contributed by atoms with Gasteiger partial charge in [0.15, 0.2) is 0 Å². The summed E-state index contributed by atoms with van der Waals surface area (Å²) in [6, 6.07) is 6.38. The summed E-state index contributed by atoms with van der Waals surface area (Å²) in [7, 11) is -0.587. The summed E-state index contributed by atoms with van der Waals surface area (Å²) in [6.45, 7) is 8.00. The van der Waals surface area contributed by atoms with Gasteiger partial charge in [-0.1, -0.05) is 25.1 Å². The largest absolute Gasteiger partial charge is 0.379 e. The minimum Gasteiger partial charge on any atom is -0.379 e. The molecule has 0 unspecified atom stereocenters. The van der Waals surface area contributed by atoms with Crippen molar-refractivity contribution in [2.75, 3.05) is 46.9 Å². The van der Waals surface area contributed by atoms with Crippen molar-refractivity contribution in [1.29, 1.82) is 0 Å². The molecule has 2 amide bonds. The number of hydrogen-bond donors (Lipinski definition) is 2. The van der Waals surface area contributed by atoms with E-state index in [9.17, 15) is 13.2 Å². The summed E-state index contributed by atoms with van der Waals surface area (Å²) in [5, 5.41) is 5.70. The average molecular weight is 413 g/mol. The Morgan fingerprint density at radius 2 is 1.86 bits per heavy atom. The molecule has 0 aromatic heterocycles. The summed E-state index contributed by atoms with van der Waals surface area (Å²) in [6.07, 6.45) is 0.900. The highest BCUT2D eigenvalue weighted by atomic mass is 32.2. The molecule has 0 aliphatic carbocycles. The number of urea groups is 1. The number of sulfonamides is 1. The van der Waals surface area contributed by atoms with Crippen molar-refractivity contribution >= 4 is 16.1 Å². The zero-order valence-corrected chi connectivity index (χ0v) is 18.0. The number of nitrogens with zero attached hydrogens (tertiary/aromatic N) is 2. The monoisotopic (exact) mass is 412 g/mol. The molecule has 0 saturated carbocycles. The molecule has 1 saturated heterocycles. The molecule has 9 heteroatoms. The Balaban J connectivity index is 1.96. The van der Waals surface area contributed by atoms with Gasteiger partial charge in [0.1, 0.15) is 0 Å². The molecule has 1 aliphatic rings. The second-order valence-electron chi connectivity index (χ2n) is 7.38. The smallest absolute Gasteiger partial charge is 0.315 e. The van der Waals surface area contributed by atoms with Gasteiger partial charge in [-0.2, -0.15) is 0 Å². The lowest BCUT2D eigenvalue weighted by Crippen LogP contribution is -2.57. The van der Waals surface area contributed by atoms with Crippen LogP contribution in [0.5, 0.6) is 0 Å². The Kier molecular flexibility index (Phi) is 7.82. The number of nitrogens with one attached hydrogen (secondary N) is 2. The predicted molar refractivity (Wildman–Crippen MR) is 109 cm³/mol. The minimum atomic E-state index is -3.57. The second kappa shape index (κ2) is 9.69. The van der Waals surface area contributed by atoms with Gasteiger partial charge in [0.05, 0.1) is 18.1 Å². The first-order chi connectivity index (χ1) is 13.2. The second-order valence-corrected chi connectivity index (χ2v) is 9.50.